The van der Waals surface area contributed by atoms with Crippen molar-refractivity contribution in [2.24, 2.45) is 0 Å². The highest BCUT2D eigenvalue weighted by Crippen LogP contribution is 2.23. The van der Waals surface area contributed by atoms with Gasteiger partial charge in [-0.3, -0.25) is 4.98 Å². The minimum atomic E-state index is -3.60. The zero-order chi connectivity index (χ0) is 18.0. The van der Waals surface area contributed by atoms with Gasteiger partial charge < -0.3 is 9.72 Å². The van der Waals surface area contributed by atoms with Crippen LogP contribution in [0.4, 0.5) is 0 Å². The monoisotopic (exact) mass is 437 g/mol. The van der Waals surface area contributed by atoms with Crippen molar-refractivity contribution in [3.63, 3.8) is 0 Å². The van der Waals surface area contributed by atoms with Crippen molar-refractivity contribution in [1.82, 2.24) is 15.0 Å². The number of para-hydroxylation sites is 1. The van der Waals surface area contributed by atoms with Crippen LogP contribution in [0.25, 0.3) is 11.0 Å². The van der Waals surface area contributed by atoms with E-state index in [-0.39, 0.29) is 41.2 Å². The van der Waals surface area contributed by atoms with Crippen LogP contribution < -0.4 is 4.74 Å². The lowest BCUT2D eigenvalue weighted by atomic mass is 10.3. The number of halogens is 2. The SMILES string of the molecule is Cl.Cl.O=S(=O)(c1ccncc1)c1ccc2nc(COc3ccccc3)[nH]c2c1. The van der Waals surface area contributed by atoms with Gasteiger partial charge in [-0.15, -0.1) is 24.8 Å². The third-order valence-corrected chi connectivity index (χ3v) is 5.66. The van der Waals surface area contributed by atoms with Crippen molar-refractivity contribution < 1.29 is 13.2 Å². The number of imidazole rings is 1. The highest BCUT2D eigenvalue weighted by molar-refractivity contribution is 7.91. The summed E-state index contributed by atoms with van der Waals surface area (Å²) in [4.78, 5) is 11.8. The molecular formula is C19H17Cl2N3O3S. The van der Waals surface area contributed by atoms with E-state index in [0.29, 0.717) is 16.9 Å². The summed E-state index contributed by atoms with van der Waals surface area (Å²) in [6.45, 7) is 0.269. The summed E-state index contributed by atoms with van der Waals surface area (Å²) in [7, 11) is -3.60. The van der Waals surface area contributed by atoms with Crippen molar-refractivity contribution in [1.29, 1.82) is 0 Å². The van der Waals surface area contributed by atoms with Gasteiger partial charge in [-0.25, -0.2) is 13.4 Å². The lowest BCUT2D eigenvalue weighted by Gasteiger charge is -2.03. The second-order valence-corrected chi connectivity index (χ2v) is 7.60. The Kier molecular flexibility index (Phi) is 7.01. The summed E-state index contributed by atoms with van der Waals surface area (Å²) in [6.07, 6.45) is 2.92. The number of nitrogens with one attached hydrogen (secondary N) is 1. The molecule has 6 nitrogen and oxygen atoms in total. The zero-order valence-corrected chi connectivity index (χ0v) is 16.9. The van der Waals surface area contributed by atoms with Gasteiger partial charge in [0.05, 0.1) is 20.8 Å². The highest BCUT2D eigenvalue weighted by Gasteiger charge is 2.18. The van der Waals surface area contributed by atoms with E-state index in [1.54, 1.807) is 18.2 Å². The number of rotatable bonds is 5. The van der Waals surface area contributed by atoms with Crippen molar-refractivity contribution in [3.05, 3.63) is 78.9 Å². The predicted octanol–water partition coefficient (Wildman–Crippen LogP) is 4.21. The van der Waals surface area contributed by atoms with Crippen LogP contribution in [0.3, 0.4) is 0 Å². The Morgan fingerprint density at radius 2 is 1.61 bits per heavy atom. The quantitative estimate of drug-likeness (QED) is 0.505. The third-order valence-electron chi connectivity index (χ3n) is 3.89. The summed E-state index contributed by atoms with van der Waals surface area (Å²) >= 11 is 0. The van der Waals surface area contributed by atoms with E-state index in [1.165, 1.54) is 24.5 Å². The normalized spacial score (nSPS) is 10.7. The summed E-state index contributed by atoms with van der Waals surface area (Å²) in [6, 6.07) is 17.2. The van der Waals surface area contributed by atoms with E-state index in [4.69, 9.17) is 4.74 Å². The number of aromatic amines is 1. The Balaban J connectivity index is 0.00000140. The van der Waals surface area contributed by atoms with Crippen LogP contribution in [-0.4, -0.2) is 23.4 Å². The second kappa shape index (κ2) is 9.05. The van der Waals surface area contributed by atoms with Crippen LogP contribution >= 0.6 is 24.8 Å². The Hall–Kier alpha value is -2.61. The number of H-pyrrole nitrogens is 1. The molecule has 4 rings (SSSR count). The van der Waals surface area contributed by atoms with Crippen molar-refractivity contribution >= 4 is 45.7 Å². The van der Waals surface area contributed by atoms with E-state index in [9.17, 15) is 8.42 Å². The summed E-state index contributed by atoms with van der Waals surface area (Å²) in [5, 5.41) is 0. The van der Waals surface area contributed by atoms with E-state index < -0.39 is 9.84 Å². The maximum absolute atomic E-state index is 12.7. The molecule has 0 spiro atoms. The number of aromatic nitrogens is 3. The van der Waals surface area contributed by atoms with Crippen molar-refractivity contribution in [2.75, 3.05) is 0 Å². The molecule has 0 unspecified atom stereocenters. The van der Waals surface area contributed by atoms with Gasteiger partial charge in [-0.1, -0.05) is 18.2 Å². The average Bonchev–Trinajstić information content (AvgIpc) is 3.10. The Bertz CT molecular complexity index is 1150. The Labute approximate surface area is 174 Å². The first-order valence-electron chi connectivity index (χ1n) is 7.94. The predicted molar refractivity (Wildman–Crippen MR) is 111 cm³/mol. The van der Waals surface area contributed by atoms with Crippen LogP contribution in [-0.2, 0) is 16.4 Å². The molecule has 0 aliphatic carbocycles. The molecular weight excluding hydrogens is 421 g/mol. The number of ether oxygens (including phenoxy) is 1. The molecule has 9 heteroatoms. The van der Waals surface area contributed by atoms with Crippen molar-refractivity contribution in [2.45, 2.75) is 16.4 Å². The molecule has 0 radical (unpaired) electrons. The molecule has 0 amide bonds. The summed E-state index contributed by atoms with van der Waals surface area (Å²) in [5.74, 6) is 1.37. The molecule has 0 aliphatic heterocycles. The van der Waals surface area contributed by atoms with E-state index in [0.717, 1.165) is 5.75 Å². The molecule has 0 saturated carbocycles. The minimum absolute atomic E-state index is 0. The molecule has 0 bridgehead atoms. The number of fused-ring (bicyclic) bond motifs is 1. The van der Waals surface area contributed by atoms with E-state index in [1.807, 2.05) is 30.3 Å². The minimum Gasteiger partial charge on any atom is -0.486 e. The molecule has 28 heavy (non-hydrogen) atoms. The number of sulfone groups is 1. The molecule has 2 aromatic heterocycles. The number of hydrogen-bond acceptors (Lipinski definition) is 5. The fourth-order valence-corrected chi connectivity index (χ4v) is 3.87. The molecule has 0 saturated heterocycles. The summed E-state index contributed by atoms with van der Waals surface area (Å²) in [5.41, 5.74) is 1.33. The first-order valence-corrected chi connectivity index (χ1v) is 9.43. The Morgan fingerprint density at radius 3 is 2.32 bits per heavy atom. The smallest absolute Gasteiger partial charge is 0.206 e. The van der Waals surface area contributed by atoms with Gasteiger partial charge >= 0.3 is 0 Å². The Morgan fingerprint density at radius 1 is 0.893 bits per heavy atom. The molecule has 2 aromatic carbocycles. The van der Waals surface area contributed by atoms with Gasteiger partial charge in [0.25, 0.3) is 0 Å². The molecule has 0 atom stereocenters. The van der Waals surface area contributed by atoms with Gasteiger partial charge in [-0.05, 0) is 42.5 Å². The standard InChI is InChI=1S/C19H15N3O3S.2ClH/c23-26(24,15-8-10-20-11-9-15)16-6-7-17-18(12-16)22-19(21-17)13-25-14-4-2-1-3-5-14;;/h1-12H,13H2,(H,21,22);2*1H. The van der Waals surface area contributed by atoms with Crippen LogP contribution in [0.1, 0.15) is 5.82 Å². The number of nitrogens with zero attached hydrogens (tertiary/aromatic N) is 2. The molecule has 0 aliphatic rings. The first kappa shape index (κ1) is 21.7. The molecule has 4 aromatic rings. The van der Waals surface area contributed by atoms with Crippen LogP contribution in [0.5, 0.6) is 5.75 Å². The van der Waals surface area contributed by atoms with E-state index in [2.05, 4.69) is 15.0 Å². The number of pyridine rings is 1. The summed E-state index contributed by atoms with van der Waals surface area (Å²) < 4.78 is 31.1. The van der Waals surface area contributed by atoms with Gasteiger partial charge in [-0.2, -0.15) is 0 Å². The lowest BCUT2D eigenvalue weighted by molar-refractivity contribution is 0.297. The van der Waals surface area contributed by atoms with Gasteiger partial charge in [0.15, 0.2) is 0 Å². The molecule has 146 valence electrons. The molecule has 0 fully saturated rings. The van der Waals surface area contributed by atoms with Gasteiger partial charge in [0, 0.05) is 12.4 Å². The fraction of sp³-hybridized carbons (Fsp3) is 0.0526. The van der Waals surface area contributed by atoms with Gasteiger partial charge in [0.1, 0.15) is 18.2 Å². The van der Waals surface area contributed by atoms with E-state index >= 15 is 0 Å². The lowest BCUT2D eigenvalue weighted by Crippen LogP contribution is -2.01. The maximum atomic E-state index is 12.7. The maximum Gasteiger partial charge on any atom is 0.206 e. The third kappa shape index (κ3) is 4.44. The molecule has 2 heterocycles. The first-order chi connectivity index (χ1) is 12.6. The number of benzene rings is 2. The van der Waals surface area contributed by atoms with Crippen LogP contribution in [0.2, 0.25) is 0 Å². The largest absolute Gasteiger partial charge is 0.486 e. The zero-order valence-electron chi connectivity index (χ0n) is 14.5. The number of hydrogen-bond donors (Lipinski definition) is 1. The second-order valence-electron chi connectivity index (χ2n) is 5.65. The topological polar surface area (TPSA) is 84.9 Å². The highest BCUT2D eigenvalue weighted by atomic mass is 35.5. The van der Waals surface area contributed by atoms with Crippen LogP contribution in [0.15, 0.2) is 82.8 Å². The molecule has 1 N–H and O–H groups in total. The average molecular weight is 438 g/mol. The van der Waals surface area contributed by atoms with Gasteiger partial charge in [0.2, 0.25) is 9.84 Å². The van der Waals surface area contributed by atoms with Crippen molar-refractivity contribution in [3.8, 4) is 5.75 Å². The van der Waals surface area contributed by atoms with Crippen LogP contribution in [0, 0.1) is 0 Å². The fourth-order valence-electron chi connectivity index (χ4n) is 2.60.